The molecule has 1 aromatic rings. The molecule has 0 N–H and O–H groups in total. The molecular weight excluding hydrogens is 274 g/mol. The second-order valence-corrected chi connectivity index (χ2v) is 5.36. The second kappa shape index (κ2) is 6.91. The maximum Gasteiger partial charge on any atom is 0.331 e. The van der Waals surface area contributed by atoms with Gasteiger partial charge in [0.2, 0.25) is 0 Å². The number of benzene rings is 1. The lowest BCUT2D eigenvalue weighted by Gasteiger charge is -2.43. The van der Waals surface area contributed by atoms with Gasteiger partial charge in [0.05, 0.1) is 0 Å². The fourth-order valence-electron chi connectivity index (χ4n) is 2.96. The average molecular weight is 294 g/mol. The van der Waals surface area contributed by atoms with Gasteiger partial charge < -0.3 is 4.74 Å². The van der Waals surface area contributed by atoms with E-state index < -0.39 is 0 Å². The maximum absolute atomic E-state index is 11.8. The molecule has 3 saturated heterocycles. The minimum atomic E-state index is -0.220. The van der Waals surface area contributed by atoms with Crippen molar-refractivity contribution >= 4 is 24.5 Å². The van der Waals surface area contributed by atoms with E-state index in [2.05, 4.69) is 4.90 Å². The highest BCUT2D eigenvalue weighted by Gasteiger charge is 2.36. The summed E-state index contributed by atoms with van der Waals surface area (Å²) in [6.45, 7) is 3.24. The Morgan fingerprint density at radius 3 is 2.50 bits per heavy atom. The number of hydrogen-bond donors (Lipinski definition) is 0. The van der Waals surface area contributed by atoms with Crippen LogP contribution < -0.4 is 0 Å². The van der Waals surface area contributed by atoms with Crippen molar-refractivity contribution in [3.05, 3.63) is 42.0 Å². The summed E-state index contributed by atoms with van der Waals surface area (Å²) in [5, 5.41) is 0. The molecule has 1 atom stereocenters. The molecule has 2 bridgehead atoms. The number of esters is 1. The summed E-state index contributed by atoms with van der Waals surface area (Å²) in [6.07, 6.45) is 5.77. The summed E-state index contributed by atoms with van der Waals surface area (Å²) in [4.78, 5) is 14.2. The van der Waals surface area contributed by atoms with Crippen LogP contribution in [0.25, 0.3) is 6.08 Å². The van der Waals surface area contributed by atoms with Crippen molar-refractivity contribution < 1.29 is 9.53 Å². The average Bonchev–Trinajstić information content (AvgIpc) is 2.47. The number of carbonyl (C=O) groups is 1. The lowest BCUT2D eigenvalue weighted by atomic mass is 9.86. The van der Waals surface area contributed by atoms with Gasteiger partial charge in [-0.25, -0.2) is 4.79 Å². The molecule has 1 unspecified atom stereocenters. The van der Waals surface area contributed by atoms with E-state index in [1.807, 2.05) is 36.4 Å². The molecule has 20 heavy (non-hydrogen) atoms. The first-order valence-corrected chi connectivity index (χ1v) is 6.97. The van der Waals surface area contributed by atoms with E-state index in [9.17, 15) is 4.79 Å². The third kappa shape index (κ3) is 3.62. The van der Waals surface area contributed by atoms with Crippen molar-refractivity contribution in [1.29, 1.82) is 0 Å². The van der Waals surface area contributed by atoms with E-state index in [-0.39, 0.29) is 24.5 Å². The first-order valence-electron chi connectivity index (χ1n) is 6.97. The minimum absolute atomic E-state index is 0. The fraction of sp³-hybridized carbons (Fsp3) is 0.438. The Morgan fingerprint density at radius 2 is 1.90 bits per heavy atom. The number of piperidine rings is 3. The Bertz CT molecular complexity index is 467. The summed E-state index contributed by atoms with van der Waals surface area (Å²) < 4.78 is 5.58. The van der Waals surface area contributed by atoms with E-state index in [1.54, 1.807) is 0 Å². The van der Waals surface area contributed by atoms with Crippen LogP contribution >= 0.6 is 12.4 Å². The van der Waals surface area contributed by atoms with Gasteiger partial charge in [-0.15, -0.1) is 12.4 Å². The zero-order chi connectivity index (χ0) is 13.1. The molecule has 3 nitrogen and oxygen atoms in total. The smallest absolute Gasteiger partial charge is 0.331 e. The van der Waals surface area contributed by atoms with Crippen LogP contribution in [0.15, 0.2) is 36.4 Å². The normalized spacial score (nSPS) is 28.1. The molecule has 0 saturated carbocycles. The van der Waals surface area contributed by atoms with Gasteiger partial charge in [0.1, 0.15) is 6.10 Å². The van der Waals surface area contributed by atoms with E-state index >= 15 is 0 Å². The van der Waals surface area contributed by atoms with Crippen LogP contribution in [-0.2, 0) is 9.53 Å². The van der Waals surface area contributed by atoms with E-state index in [1.165, 1.54) is 32.0 Å². The number of ether oxygens (including phenoxy) is 1. The van der Waals surface area contributed by atoms with Gasteiger partial charge in [0.25, 0.3) is 0 Å². The number of hydrogen-bond acceptors (Lipinski definition) is 3. The molecule has 0 aromatic heterocycles. The Morgan fingerprint density at radius 1 is 1.20 bits per heavy atom. The van der Waals surface area contributed by atoms with Gasteiger partial charge in [0.15, 0.2) is 0 Å². The quantitative estimate of drug-likeness (QED) is 0.634. The molecule has 1 aromatic carbocycles. The van der Waals surface area contributed by atoms with Crippen LogP contribution in [0.5, 0.6) is 0 Å². The summed E-state index contributed by atoms with van der Waals surface area (Å²) >= 11 is 0. The molecule has 4 rings (SSSR count). The largest absolute Gasteiger partial charge is 0.458 e. The summed E-state index contributed by atoms with van der Waals surface area (Å²) in [5.41, 5.74) is 1.02. The Labute approximate surface area is 126 Å². The Balaban J connectivity index is 0.00000147. The Kier molecular flexibility index (Phi) is 5.21. The SMILES string of the molecule is Cl.O=C(/C=C/c1ccccc1)OC1CN2CCC1CC2. The highest BCUT2D eigenvalue weighted by Crippen LogP contribution is 2.29. The number of halogens is 1. The van der Waals surface area contributed by atoms with Crippen molar-refractivity contribution in [3.8, 4) is 0 Å². The molecule has 3 aliphatic heterocycles. The molecule has 0 spiro atoms. The molecule has 0 amide bonds. The van der Waals surface area contributed by atoms with Gasteiger partial charge in [-0.3, -0.25) is 4.90 Å². The van der Waals surface area contributed by atoms with Crippen LogP contribution in [0.2, 0.25) is 0 Å². The first kappa shape index (κ1) is 15.1. The van der Waals surface area contributed by atoms with Gasteiger partial charge in [-0.2, -0.15) is 0 Å². The molecule has 3 heterocycles. The predicted octanol–water partition coefficient (Wildman–Crippen LogP) is 2.76. The monoisotopic (exact) mass is 293 g/mol. The van der Waals surface area contributed by atoms with Crippen LogP contribution in [-0.4, -0.2) is 36.6 Å². The molecular formula is C16H20ClNO2. The zero-order valence-corrected chi connectivity index (χ0v) is 12.2. The van der Waals surface area contributed by atoms with Gasteiger partial charge in [-0.1, -0.05) is 30.3 Å². The number of fused-ring (bicyclic) bond motifs is 3. The van der Waals surface area contributed by atoms with Crippen molar-refractivity contribution in [1.82, 2.24) is 4.90 Å². The van der Waals surface area contributed by atoms with Crippen LogP contribution in [0, 0.1) is 5.92 Å². The molecule has 108 valence electrons. The van der Waals surface area contributed by atoms with Gasteiger partial charge in [-0.05, 0) is 43.5 Å². The van der Waals surface area contributed by atoms with Gasteiger partial charge in [0, 0.05) is 12.6 Å². The molecule has 3 fully saturated rings. The zero-order valence-electron chi connectivity index (χ0n) is 11.4. The summed E-state index contributed by atoms with van der Waals surface area (Å²) in [7, 11) is 0. The summed E-state index contributed by atoms with van der Waals surface area (Å²) in [6, 6.07) is 9.82. The second-order valence-electron chi connectivity index (χ2n) is 5.36. The first-order chi connectivity index (χ1) is 9.31. The van der Waals surface area contributed by atoms with Gasteiger partial charge >= 0.3 is 5.97 Å². The maximum atomic E-state index is 11.8. The summed E-state index contributed by atoms with van der Waals surface area (Å²) in [5.74, 6) is 0.349. The molecule has 4 heteroatoms. The minimum Gasteiger partial charge on any atom is -0.458 e. The molecule has 0 aliphatic carbocycles. The highest BCUT2D eigenvalue weighted by molar-refractivity contribution is 5.87. The third-order valence-corrected chi connectivity index (χ3v) is 4.08. The van der Waals surface area contributed by atoms with Crippen molar-refractivity contribution in [3.63, 3.8) is 0 Å². The van der Waals surface area contributed by atoms with E-state index in [4.69, 9.17) is 4.74 Å². The molecule has 0 radical (unpaired) electrons. The number of carbonyl (C=O) groups excluding carboxylic acids is 1. The topological polar surface area (TPSA) is 29.5 Å². The standard InChI is InChI=1S/C16H19NO2.ClH/c18-16(7-6-13-4-2-1-3-5-13)19-15-12-17-10-8-14(15)9-11-17;/h1-7,14-15H,8-12H2;1H/b7-6+;. The number of nitrogens with zero attached hydrogens (tertiary/aromatic N) is 1. The predicted molar refractivity (Wildman–Crippen MR) is 81.8 cm³/mol. The van der Waals surface area contributed by atoms with Crippen molar-refractivity contribution in [2.75, 3.05) is 19.6 Å². The van der Waals surface area contributed by atoms with Crippen molar-refractivity contribution in [2.24, 2.45) is 5.92 Å². The van der Waals surface area contributed by atoms with Crippen LogP contribution in [0.1, 0.15) is 18.4 Å². The molecule has 3 aliphatic rings. The third-order valence-electron chi connectivity index (χ3n) is 4.08. The Hall–Kier alpha value is -1.32. The lowest BCUT2D eigenvalue weighted by molar-refractivity contribution is -0.152. The highest BCUT2D eigenvalue weighted by atomic mass is 35.5. The lowest BCUT2D eigenvalue weighted by Crippen LogP contribution is -2.51. The van der Waals surface area contributed by atoms with Crippen molar-refractivity contribution in [2.45, 2.75) is 18.9 Å². The van der Waals surface area contributed by atoms with Crippen LogP contribution in [0.3, 0.4) is 0 Å². The number of rotatable bonds is 3. The van der Waals surface area contributed by atoms with E-state index in [0.717, 1.165) is 12.1 Å². The van der Waals surface area contributed by atoms with Crippen LogP contribution in [0.4, 0.5) is 0 Å². The fourth-order valence-corrected chi connectivity index (χ4v) is 2.96. The van der Waals surface area contributed by atoms with E-state index in [0.29, 0.717) is 5.92 Å².